The predicted molar refractivity (Wildman–Crippen MR) is 74.5 cm³/mol. The Hall–Kier alpha value is -1.69. The van der Waals surface area contributed by atoms with E-state index in [1.165, 1.54) is 9.80 Å². The zero-order chi connectivity index (χ0) is 13.2. The van der Waals surface area contributed by atoms with Gasteiger partial charge in [0.05, 0.1) is 12.2 Å². The molecule has 0 atom stereocenters. The van der Waals surface area contributed by atoms with Crippen molar-refractivity contribution in [2.45, 2.75) is 4.90 Å². The summed E-state index contributed by atoms with van der Waals surface area (Å²) in [5.74, 6) is 0.841. The van der Waals surface area contributed by atoms with Gasteiger partial charge in [-0.15, -0.1) is 11.8 Å². The maximum Gasteiger partial charge on any atom is 0.324 e. The first-order valence-corrected chi connectivity index (χ1v) is 7.29. The Bertz CT molecular complexity index is 520. The van der Waals surface area contributed by atoms with Crippen molar-refractivity contribution in [3.05, 3.63) is 24.3 Å². The van der Waals surface area contributed by atoms with Gasteiger partial charge in [0.1, 0.15) is 0 Å². The number of amides is 3. The Kier molecular flexibility index (Phi) is 3.33. The second kappa shape index (κ2) is 5.13. The van der Waals surface area contributed by atoms with Crippen LogP contribution in [0.2, 0.25) is 0 Å². The molecule has 1 aromatic carbocycles. The molecule has 0 bridgehead atoms. The molecule has 0 unspecified atom stereocenters. The van der Waals surface area contributed by atoms with Crippen LogP contribution < -0.4 is 10.2 Å². The van der Waals surface area contributed by atoms with Gasteiger partial charge in [0.2, 0.25) is 5.91 Å². The van der Waals surface area contributed by atoms with E-state index in [0.717, 1.165) is 18.0 Å². The summed E-state index contributed by atoms with van der Waals surface area (Å²) >= 11 is 1.81. The van der Waals surface area contributed by atoms with Gasteiger partial charge in [0.15, 0.2) is 0 Å². The molecule has 1 N–H and O–H groups in total. The van der Waals surface area contributed by atoms with Crippen LogP contribution in [-0.4, -0.2) is 48.8 Å². The van der Waals surface area contributed by atoms with Crippen LogP contribution in [0.3, 0.4) is 0 Å². The molecule has 0 aromatic heterocycles. The molecule has 0 saturated carbocycles. The van der Waals surface area contributed by atoms with E-state index in [1.54, 1.807) is 11.8 Å². The first-order chi connectivity index (χ1) is 9.25. The highest BCUT2D eigenvalue weighted by atomic mass is 32.2. The standard InChI is InChI=1S/C13H15N3O2S/c17-12(16-6-5-14-13(16)18)9-15-7-8-19-11-4-2-1-3-10(11)15/h1-4H,5-9H2,(H,14,18). The second-order valence-electron chi connectivity index (χ2n) is 4.52. The first kappa shape index (κ1) is 12.3. The molecule has 5 nitrogen and oxygen atoms in total. The Balaban J connectivity index is 1.74. The van der Waals surface area contributed by atoms with E-state index < -0.39 is 0 Å². The number of carbonyl (C=O) groups is 2. The second-order valence-corrected chi connectivity index (χ2v) is 5.65. The zero-order valence-corrected chi connectivity index (χ0v) is 11.3. The molecule has 3 amide bonds. The van der Waals surface area contributed by atoms with Gasteiger partial charge in [-0.1, -0.05) is 12.1 Å². The number of thioether (sulfide) groups is 1. The van der Waals surface area contributed by atoms with Crippen LogP contribution in [0.15, 0.2) is 29.2 Å². The number of nitrogens with one attached hydrogen (secondary N) is 1. The van der Waals surface area contributed by atoms with E-state index in [9.17, 15) is 9.59 Å². The maximum atomic E-state index is 12.2. The molecule has 0 aliphatic carbocycles. The SMILES string of the molecule is O=C(CN1CCSc2ccccc21)N1CCNC1=O. The average Bonchev–Trinajstić information content (AvgIpc) is 2.85. The number of fused-ring (bicyclic) bond motifs is 1. The summed E-state index contributed by atoms with van der Waals surface area (Å²) in [5.41, 5.74) is 1.09. The number of hydrogen-bond donors (Lipinski definition) is 1. The summed E-state index contributed by atoms with van der Waals surface area (Å²) < 4.78 is 0. The number of benzene rings is 1. The average molecular weight is 277 g/mol. The zero-order valence-electron chi connectivity index (χ0n) is 10.5. The lowest BCUT2D eigenvalue weighted by Gasteiger charge is -2.31. The third-order valence-electron chi connectivity index (χ3n) is 3.31. The molecule has 19 heavy (non-hydrogen) atoms. The molecule has 0 spiro atoms. The minimum atomic E-state index is -0.273. The summed E-state index contributed by atoms with van der Waals surface area (Å²) in [6.45, 7) is 2.13. The van der Waals surface area contributed by atoms with Gasteiger partial charge >= 0.3 is 6.03 Å². The van der Waals surface area contributed by atoms with Crippen molar-refractivity contribution in [3.63, 3.8) is 0 Å². The van der Waals surface area contributed by atoms with Gasteiger partial charge in [-0.2, -0.15) is 0 Å². The maximum absolute atomic E-state index is 12.2. The van der Waals surface area contributed by atoms with Crippen molar-refractivity contribution in [1.82, 2.24) is 10.2 Å². The molecule has 6 heteroatoms. The summed E-state index contributed by atoms with van der Waals surface area (Å²) in [5, 5.41) is 2.65. The van der Waals surface area contributed by atoms with Crippen molar-refractivity contribution in [3.8, 4) is 0 Å². The molecule has 2 aliphatic rings. The van der Waals surface area contributed by atoms with Crippen molar-refractivity contribution in [2.75, 3.05) is 36.8 Å². The minimum Gasteiger partial charge on any atom is -0.360 e. The summed E-state index contributed by atoms with van der Waals surface area (Å²) in [6.07, 6.45) is 0. The number of para-hydroxylation sites is 1. The molecule has 2 heterocycles. The van der Waals surface area contributed by atoms with E-state index in [-0.39, 0.29) is 18.5 Å². The number of rotatable bonds is 2. The van der Waals surface area contributed by atoms with Crippen molar-refractivity contribution in [2.24, 2.45) is 0 Å². The van der Waals surface area contributed by atoms with Gasteiger partial charge in [0.25, 0.3) is 0 Å². The van der Waals surface area contributed by atoms with Crippen LogP contribution in [0, 0.1) is 0 Å². The van der Waals surface area contributed by atoms with Crippen LogP contribution in [0.25, 0.3) is 0 Å². The highest BCUT2D eigenvalue weighted by Gasteiger charge is 2.28. The van der Waals surface area contributed by atoms with Crippen LogP contribution in [0.1, 0.15) is 0 Å². The number of nitrogens with zero attached hydrogens (tertiary/aromatic N) is 2. The van der Waals surface area contributed by atoms with Crippen molar-refractivity contribution < 1.29 is 9.59 Å². The van der Waals surface area contributed by atoms with E-state index in [2.05, 4.69) is 16.3 Å². The Morgan fingerprint density at radius 1 is 1.32 bits per heavy atom. The fraction of sp³-hybridized carbons (Fsp3) is 0.385. The number of carbonyl (C=O) groups excluding carboxylic acids is 2. The van der Waals surface area contributed by atoms with Gasteiger partial charge < -0.3 is 10.2 Å². The number of hydrogen-bond acceptors (Lipinski definition) is 4. The van der Waals surface area contributed by atoms with Crippen molar-refractivity contribution in [1.29, 1.82) is 0 Å². The predicted octanol–water partition coefficient (Wildman–Crippen LogP) is 1.15. The van der Waals surface area contributed by atoms with Gasteiger partial charge in [-0.05, 0) is 12.1 Å². The van der Waals surface area contributed by atoms with Crippen LogP contribution >= 0.6 is 11.8 Å². The third-order valence-corrected chi connectivity index (χ3v) is 4.35. The lowest BCUT2D eigenvalue weighted by Crippen LogP contribution is -2.43. The minimum absolute atomic E-state index is 0.128. The molecule has 1 aromatic rings. The number of urea groups is 1. The molecule has 1 saturated heterocycles. The first-order valence-electron chi connectivity index (χ1n) is 6.31. The van der Waals surface area contributed by atoms with E-state index in [1.807, 2.05) is 18.2 Å². The lowest BCUT2D eigenvalue weighted by molar-refractivity contribution is -0.126. The highest BCUT2D eigenvalue weighted by Crippen LogP contribution is 2.34. The van der Waals surface area contributed by atoms with Crippen LogP contribution in [-0.2, 0) is 4.79 Å². The quantitative estimate of drug-likeness (QED) is 0.881. The molecule has 0 radical (unpaired) electrons. The normalized spacial score (nSPS) is 18.2. The van der Waals surface area contributed by atoms with E-state index in [0.29, 0.717) is 13.1 Å². The Morgan fingerprint density at radius 2 is 2.16 bits per heavy atom. The third kappa shape index (κ3) is 2.40. The van der Waals surface area contributed by atoms with Crippen LogP contribution in [0.4, 0.5) is 10.5 Å². The fourth-order valence-corrected chi connectivity index (χ4v) is 3.40. The lowest BCUT2D eigenvalue weighted by atomic mass is 10.2. The molecule has 3 rings (SSSR count). The highest BCUT2D eigenvalue weighted by molar-refractivity contribution is 7.99. The summed E-state index contributed by atoms with van der Waals surface area (Å²) in [6, 6.07) is 7.80. The Labute approximate surface area is 115 Å². The number of anilines is 1. The molecule has 1 fully saturated rings. The fourth-order valence-electron chi connectivity index (χ4n) is 2.35. The van der Waals surface area contributed by atoms with Gasteiger partial charge in [0, 0.05) is 30.3 Å². The molecule has 100 valence electrons. The summed E-state index contributed by atoms with van der Waals surface area (Å²) in [4.78, 5) is 28.2. The van der Waals surface area contributed by atoms with Crippen molar-refractivity contribution >= 4 is 29.4 Å². The van der Waals surface area contributed by atoms with E-state index in [4.69, 9.17) is 0 Å². The number of imide groups is 1. The molecular formula is C13H15N3O2S. The molecule has 2 aliphatic heterocycles. The summed E-state index contributed by atoms with van der Waals surface area (Å²) in [7, 11) is 0. The van der Waals surface area contributed by atoms with Gasteiger partial charge in [-0.3, -0.25) is 9.69 Å². The smallest absolute Gasteiger partial charge is 0.324 e. The topological polar surface area (TPSA) is 52.7 Å². The largest absolute Gasteiger partial charge is 0.360 e. The van der Waals surface area contributed by atoms with Crippen LogP contribution in [0.5, 0.6) is 0 Å². The van der Waals surface area contributed by atoms with Gasteiger partial charge in [-0.25, -0.2) is 4.79 Å². The molecular weight excluding hydrogens is 262 g/mol. The van der Waals surface area contributed by atoms with E-state index >= 15 is 0 Å². The Morgan fingerprint density at radius 3 is 2.95 bits per heavy atom. The monoisotopic (exact) mass is 277 g/mol.